The summed E-state index contributed by atoms with van der Waals surface area (Å²) in [5.74, 6) is 1.49. The maximum absolute atomic E-state index is 11.2. The van der Waals surface area contributed by atoms with Gasteiger partial charge >= 0.3 is 5.97 Å². The van der Waals surface area contributed by atoms with Gasteiger partial charge in [-0.15, -0.1) is 0 Å². The molecular formula is C24H22O5. The van der Waals surface area contributed by atoms with Crippen molar-refractivity contribution >= 4 is 5.97 Å². The molecule has 3 aromatic rings. The number of ether oxygens (including phenoxy) is 3. The maximum Gasteiger partial charge on any atom is 0.308 e. The molecule has 0 saturated heterocycles. The highest BCUT2D eigenvalue weighted by molar-refractivity contribution is 5.69. The standard InChI is InChI=1S/C24H22O5/c1-16(25)28-20-9-7-18-8-12-23(29-24(18)14-20)21-11-10-19(13-22(21)26)27-15-17-5-3-2-4-6-17/h2-7,9-11,13-14,23,26H,8,12,15H2,1H3. The van der Waals surface area contributed by atoms with Crippen molar-refractivity contribution in [3.8, 4) is 23.0 Å². The summed E-state index contributed by atoms with van der Waals surface area (Å²) in [5.41, 5.74) is 2.83. The van der Waals surface area contributed by atoms with Crippen molar-refractivity contribution in [2.24, 2.45) is 0 Å². The quantitative estimate of drug-likeness (QED) is 0.493. The molecule has 0 aliphatic carbocycles. The molecule has 0 bridgehead atoms. The molecule has 0 aromatic heterocycles. The fourth-order valence-corrected chi connectivity index (χ4v) is 3.42. The molecule has 0 fully saturated rings. The van der Waals surface area contributed by atoms with Gasteiger partial charge in [-0.2, -0.15) is 0 Å². The highest BCUT2D eigenvalue weighted by Crippen LogP contribution is 2.40. The summed E-state index contributed by atoms with van der Waals surface area (Å²) in [5, 5.41) is 10.5. The van der Waals surface area contributed by atoms with E-state index in [0.29, 0.717) is 29.4 Å². The molecular weight excluding hydrogens is 368 g/mol. The molecule has 0 amide bonds. The third-order valence-electron chi connectivity index (χ3n) is 4.84. The molecule has 4 rings (SSSR count). The zero-order chi connectivity index (χ0) is 20.2. The molecule has 0 spiro atoms. The molecule has 3 aromatic carbocycles. The minimum absolute atomic E-state index is 0.139. The van der Waals surface area contributed by atoms with Crippen molar-refractivity contribution in [1.29, 1.82) is 0 Å². The van der Waals surface area contributed by atoms with E-state index < -0.39 is 0 Å². The summed E-state index contributed by atoms with van der Waals surface area (Å²) in [6.45, 7) is 1.80. The normalized spacial score (nSPS) is 15.1. The third kappa shape index (κ3) is 4.51. The number of phenolic OH excluding ortho intramolecular Hbond substituents is 1. The number of carbonyl (C=O) groups excluding carboxylic acids is 1. The van der Waals surface area contributed by atoms with Gasteiger partial charge in [-0.1, -0.05) is 36.4 Å². The molecule has 1 N–H and O–H groups in total. The zero-order valence-corrected chi connectivity index (χ0v) is 16.1. The molecule has 0 saturated carbocycles. The Kier molecular flexibility index (Phi) is 5.38. The Hall–Kier alpha value is -3.47. The minimum Gasteiger partial charge on any atom is -0.507 e. The lowest BCUT2D eigenvalue weighted by Gasteiger charge is -2.27. The first-order valence-electron chi connectivity index (χ1n) is 9.56. The van der Waals surface area contributed by atoms with Gasteiger partial charge in [0.1, 0.15) is 35.7 Å². The van der Waals surface area contributed by atoms with E-state index in [1.54, 1.807) is 18.2 Å². The molecule has 1 unspecified atom stereocenters. The van der Waals surface area contributed by atoms with Crippen LogP contribution in [0.2, 0.25) is 0 Å². The SMILES string of the molecule is CC(=O)Oc1ccc2c(c1)OC(c1ccc(OCc3ccccc3)cc1O)CC2. The molecule has 5 heteroatoms. The first-order valence-corrected chi connectivity index (χ1v) is 9.56. The van der Waals surface area contributed by atoms with E-state index in [-0.39, 0.29) is 17.8 Å². The molecule has 1 aliphatic heterocycles. The van der Waals surface area contributed by atoms with Crippen LogP contribution in [0.5, 0.6) is 23.0 Å². The first kappa shape index (κ1) is 18.9. The highest BCUT2D eigenvalue weighted by atomic mass is 16.5. The van der Waals surface area contributed by atoms with E-state index in [0.717, 1.165) is 24.0 Å². The Labute approximate surface area is 169 Å². The van der Waals surface area contributed by atoms with Gasteiger partial charge in [-0.05, 0) is 42.2 Å². The minimum atomic E-state index is -0.374. The predicted molar refractivity (Wildman–Crippen MR) is 108 cm³/mol. The Morgan fingerprint density at radius 2 is 1.86 bits per heavy atom. The Morgan fingerprint density at radius 3 is 2.62 bits per heavy atom. The van der Waals surface area contributed by atoms with Crippen LogP contribution in [-0.4, -0.2) is 11.1 Å². The Bertz CT molecular complexity index is 1010. The summed E-state index contributed by atoms with van der Waals surface area (Å²) in [7, 11) is 0. The number of rotatable bonds is 5. The van der Waals surface area contributed by atoms with Crippen molar-refractivity contribution in [3.05, 3.63) is 83.4 Å². The molecule has 148 valence electrons. The molecule has 5 nitrogen and oxygen atoms in total. The number of phenols is 1. The predicted octanol–water partition coefficient (Wildman–Crippen LogP) is 4.96. The first-order chi connectivity index (χ1) is 14.1. The second kappa shape index (κ2) is 8.27. The number of fused-ring (bicyclic) bond motifs is 1. The van der Waals surface area contributed by atoms with Crippen LogP contribution in [0.4, 0.5) is 0 Å². The van der Waals surface area contributed by atoms with Gasteiger partial charge in [-0.25, -0.2) is 0 Å². The number of hydrogen-bond donors (Lipinski definition) is 1. The van der Waals surface area contributed by atoms with Crippen LogP contribution >= 0.6 is 0 Å². The maximum atomic E-state index is 11.2. The van der Waals surface area contributed by atoms with Gasteiger partial charge < -0.3 is 19.3 Å². The van der Waals surface area contributed by atoms with E-state index in [9.17, 15) is 9.90 Å². The van der Waals surface area contributed by atoms with Crippen LogP contribution in [-0.2, 0) is 17.8 Å². The van der Waals surface area contributed by atoms with Crippen LogP contribution in [0, 0.1) is 0 Å². The average molecular weight is 390 g/mol. The van der Waals surface area contributed by atoms with Crippen molar-refractivity contribution in [2.75, 3.05) is 0 Å². The fraction of sp³-hybridized carbons (Fsp3) is 0.208. The Balaban J connectivity index is 1.47. The van der Waals surface area contributed by atoms with Crippen LogP contribution in [0.15, 0.2) is 66.7 Å². The molecule has 0 radical (unpaired) electrons. The summed E-state index contributed by atoms with van der Waals surface area (Å²) < 4.78 is 17.0. The largest absolute Gasteiger partial charge is 0.507 e. The second-order valence-electron chi connectivity index (χ2n) is 7.00. The smallest absolute Gasteiger partial charge is 0.308 e. The van der Waals surface area contributed by atoms with Gasteiger partial charge in [-0.3, -0.25) is 4.79 Å². The number of hydrogen-bond acceptors (Lipinski definition) is 5. The van der Waals surface area contributed by atoms with Crippen LogP contribution in [0.25, 0.3) is 0 Å². The second-order valence-corrected chi connectivity index (χ2v) is 7.00. The Morgan fingerprint density at radius 1 is 1.07 bits per heavy atom. The van der Waals surface area contributed by atoms with Gasteiger partial charge in [0.15, 0.2) is 0 Å². The van der Waals surface area contributed by atoms with Crippen LogP contribution in [0.3, 0.4) is 0 Å². The summed E-state index contributed by atoms with van der Waals surface area (Å²) in [6.07, 6.45) is 1.28. The van der Waals surface area contributed by atoms with Crippen LogP contribution in [0.1, 0.15) is 36.1 Å². The number of esters is 1. The summed E-state index contributed by atoms with van der Waals surface area (Å²) in [6, 6.07) is 20.6. The van der Waals surface area contributed by atoms with Gasteiger partial charge in [0.25, 0.3) is 0 Å². The van der Waals surface area contributed by atoms with E-state index in [1.807, 2.05) is 48.5 Å². The van der Waals surface area contributed by atoms with Crippen molar-refractivity contribution in [2.45, 2.75) is 32.5 Å². The molecule has 1 atom stereocenters. The number of carbonyl (C=O) groups is 1. The lowest BCUT2D eigenvalue weighted by molar-refractivity contribution is -0.131. The van der Waals surface area contributed by atoms with Gasteiger partial charge in [0, 0.05) is 24.6 Å². The van der Waals surface area contributed by atoms with Crippen molar-refractivity contribution in [3.63, 3.8) is 0 Å². The van der Waals surface area contributed by atoms with E-state index in [2.05, 4.69) is 0 Å². The summed E-state index contributed by atoms with van der Waals surface area (Å²) >= 11 is 0. The number of aromatic hydroxyl groups is 1. The molecule has 1 heterocycles. The van der Waals surface area contributed by atoms with Gasteiger partial charge in [0.2, 0.25) is 0 Å². The third-order valence-corrected chi connectivity index (χ3v) is 4.84. The molecule has 29 heavy (non-hydrogen) atoms. The number of aryl methyl sites for hydroxylation is 1. The summed E-state index contributed by atoms with van der Waals surface area (Å²) in [4.78, 5) is 11.2. The average Bonchev–Trinajstić information content (AvgIpc) is 2.72. The van der Waals surface area contributed by atoms with Crippen molar-refractivity contribution < 1.29 is 24.1 Å². The van der Waals surface area contributed by atoms with Crippen molar-refractivity contribution in [1.82, 2.24) is 0 Å². The number of benzene rings is 3. The van der Waals surface area contributed by atoms with Gasteiger partial charge in [0.05, 0.1) is 0 Å². The molecule has 1 aliphatic rings. The highest BCUT2D eigenvalue weighted by Gasteiger charge is 2.24. The van der Waals surface area contributed by atoms with Crippen LogP contribution < -0.4 is 14.2 Å². The zero-order valence-electron chi connectivity index (χ0n) is 16.1. The lowest BCUT2D eigenvalue weighted by atomic mass is 9.96. The lowest BCUT2D eigenvalue weighted by Crippen LogP contribution is -2.15. The van der Waals surface area contributed by atoms with E-state index in [1.165, 1.54) is 6.92 Å². The monoisotopic (exact) mass is 390 g/mol. The van der Waals surface area contributed by atoms with E-state index in [4.69, 9.17) is 14.2 Å². The van der Waals surface area contributed by atoms with E-state index >= 15 is 0 Å². The fourth-order valence-electron chi connectivity index (χ4n) is 3.42. The topological polar surface area (TPSA) is 65.0 Å².